The molecule has 1 amide bonds. The van der Waals surface area contributed by atoms with Crippen LogP contribution < -0.4 is 5.32 Å². The van der Waals surface area contributed by atoms with E-state index in [1.54, 1.807) is 0 Å². The Bertz CT molecular complexity index is 487. The highest BCUT2D eigenvalue weighted by molar-refractivity contribution is 5.96. The van der Waals surface area contributed by atoms with Crippen molar-refractivity contribution in [1.29, 1.82) is 0 Å². The van der Waals surface area contributed by atoms with E-state index in [1.165, 1.54) is 0 Å². The second kappa shape index (κ2) is 6.33. The highest BCUT2D eigenvalue weighted by Gasteiger charge is 2.32. The zero-order valence-electron chi connectivity index (χ0n) is 10.0. The van der Waals surface area contributed by atoms with Crippen LogP contribution in [0.1, 0.15) is 22.5 Å². The molecule has 0 radical (unpaired) electrons. The number of pyridine rings is 1. The molecule has 1 aromatic rings. The Morgan fingerprint density at radius 1 is 1.35 bits per heavy atom. The van der Waals surface area contributed by atoms with Gasteiger partial charge < -0.3 is 15.5 Å². The van der Waals surface area contributed by atoms with Crippen molar-refractivity contribution >= 4 is 11.9 Å². The Morgan fingerprint density at radius 3 is 2.40 bits per heavy atom. The van der Waals surface area contributed by atoms with Gasteiger partial charge in [-0.05, 0) is 12.1 Å². The fourth-order valence-corrected chi connectivity index (χ4v) is 1.32. The molecule has 1 heterocycles. The quantitative estimate of drug-likeness (QED) is 0.740. The highest BCUT2D eigenvalue weighted by atomic mass is 19.4. The summed E-state index contributed by atoms with van der Waals surface area (Å²) in [7, 11) is 0. The molecule has 1 unspecified atom stereocenters. The van der Waals surface area contributed by atoms with Gasteiger partial charge in [0.05, 0.1) is 5.56 Å². The first kappa shape index (κ1) is 15.9. The molecule has 3 N–H and O–H groups in total. The van der Waals surface area contributed by atoms with Crippen LogP contribution in [0.3, 0.4) is 0 Å². The van der Waals surface area contributed by atoms with E-state index in [0.29, 0.717) is 12.3 Å². The van der Waals surface area contributed by atoms with E-state index in [2.05, 4.69) is 10.3 Å². The van der Waals surface area contributed by atoms with Gasteiger partial charge in [0.1, 0.15) is 11.7 Å². The lowest BCUT2D eigenvalue weighted by Crippen LogP contribution is -2.41. The number of rotatable bonds is 5. The highest BCUT2D eigenvalue weighted by Crippen LogP contribution is 2.27. The molecule has 1 aromatic heterocycles. The van der Waals surface area contributed by atoms with Crippen LogP contribution in [-0.2, 0) is 11.0 Å². The number of carbonyl (C=O) groups is 2. The van der Waals surface area contributed by atoms with E-state index in [4.69, 9.17) is 10.2 Å². The van der Waals surface area contributed by atoms with Gasteiger partial charge in [0, 0.05) is 19.2 Å². The van der Waals surface area contributed by atoms with E-state index >= 15 is 0 Å². The SMILES string of the molecule is O=C(NC(CCO)C(=O)O)c1ccc(C(F)(F)F)nc1. The number of aromatic nitrogens is 1. The molecule has 20 heavy (non-hydrogen) atoms. The van der Waals surface area contributed by atoms with Crippen LogP contribution in [0.5, 0.6) is 0 Å². The molecule has 1 rings (SSSR count). The molecule has 0 saturated heterocycles. The van der Waals surface area contributed by atoms with Crippen molar-refractivity contribution in [3.8, 4) is 0 Å². The zero-order chi connectivity index (χ0) is 15.3. The second-order valence-corrected chi connectivity index (χ2v) is 3.81. The van der Waals surface area contributed by atoms with Gasteiger partial charge in [-0.2, -0.15) is 13.2 Å². The summed E-state index contributed by atoms with van der Waals surface area (Å²) in [6.45, 7) is -0.456. The standard InChI is InChI=1S/C11H11F3N2O4/c12-11(13,14)8-2-1-6(5-15-8)9(18)16-7(3-4-17)10(19)20/h1-2,5,7,17H,3-4H2,(H,16,18)(H,19,20). The third-order valence-electron chi connectivity index (χ3n) is 2.34. The predicted octanol–water partition coefficient (Wildman–Crippen LogP) is 0.666. The second-order valence-electron chi connectivity index (χ2n) is 3.81. The number of hydrogen-bond acceptors (Lipinski definition) is 4. The molecule has 9 heteroatoms. The first-order chi connectivity index (χ1) is 9.25. The van der Waals surface area contributed by atoms with Crippen molar-refractivity contribution in [3.05, 3.63) is 29.6 Å². The summed E-state index contributed by atoms with van der Waals surface area (Å²) < 4.78 is 36.8. The lowest BCUT2D eigenvalue weighted by atomic mass is 10.2. The Morgan fingerprint density at radius 2 is 2.00 bits per heavy atom. The summed E-state index contributed by atoms with van der Waals surface area (Å²) in [6.07, 6.45) is -4.12. The van der Waals surface area contributed by atoms with E-state index < -0.39 is 36.4 Å². The topological polar surface area (TPSA) is 99.5 Å². The summed E-state index contributed by atoms with van der Waals surface area (Å²) in [5.74, 6) is -2.24. The first-order valence-electron chi connectivity index (χ1n) is 5.43. The minimum absolute atomic E-state index is 0.206. The number of aliphatic carboxylic acids is 1. The van der Waals surface area contributed by atoms with Crippen molar-refractivity contribution in [2.45, 2.75) is 18.6 Å². The monoisotopic (exact) mass is 292 g/mol. The third-order valence-corrected chi connectivity index (χ3v) is 2.34. The number of hydrogen-bond donors (Lipinski definition) is 3. The van der Waals surface area contributed by atoms with Crippen molar-refractivity contribution in [2.75, 3.05) is 6.61 Å². The van der Waals surface area contributed by atoms with Gasteiger partial charge in [-0.25, -0.2) is 4.79 Å². The maximum Gasteiger partial charge on any atom is 0.433 e. The number of carboxylic acid groups (broad SMARTS) is 1. The number of amides is 1. The van der Waals surface area contributed by atoms with Gasteiger partial charge in [-0.3, -0.25) is 9.78 Å². The first-order valence-corrected chi connectivity index (χ1v) is 5.43. The van der Waals surface area contributed by atoms with Gasteiger partial charge in [0.15, 0.2) is 0 Å². The zero-order valence-corrected chi connectivity index (χ0v) is 10.0. The fraction of sp³-hybridized carbons (Fsp3) is 0.364. The van der Waals surface area contributed by atoms with E-state index in [0.717, 1.165) is 6.07 Å². The molecule has 0 aromatic carbocycles. The molecule has 0 saturated carbocycles. The van der Waals surface area contributed by atoms with Crippen LogP contribution in [-0.4, -0.2) is 39.7 Å². The minimum Gasteiger partial charge on any atom is -0.480 e. The number of aliphatic hydroxyl groups is 1. The van der Waals surface area contributed by atoms with Gasteiger partial charge in [-0.15, -0.1) is 0 Å². The largest absolute Gasteiger partial charge is 0.480 e. The summed E-state index contributed by atoms with van der Waals surface area (Å²) in [5, 5.41) is 19.5. The molecule has 0 aliphatic heterocycles. The van der Waals surface area contributed by atoms with Crippen molar-refractivity contribution in [3.63, 3.8) is 0 Å². The number of aliphatic hydroxyl groups excluding tert-OH is 1. The number of halogens is 3. The number of carboxylic acids is 1. The molecular formula is C11H11F3N2O4. The van der Waals surface area contributed by atoms with Gasteiger partial charge in [-0.1, -0.05) is 0 Å². The molecule has 1 atom stereocenters. The smallest absolute Gasteiger partial charge is 0.433 e. The molecule has 0 bridgehead atoms. The van der Waals surface area contributed by atoms with E-state index in [1.807, 2.05) is 0 Å². The van der Waals surface area contributed by atoms with Crippen LogP contribution >= 0.6 is 0 Å². The van der Waals surface area contributed by atoms with Crippen LogP contribution in [0.15, 0.2) is 18.3 Å². The molecule has 0 aliphatic rings. The van der Waals surface area contributed by atoms with Crippen LogP contribution in [0, 0.1) is 0 Å². The Kier molecular flexibility index (Phi) is 5.03. The average molecular weight is 292 g/mol. The fourth-order valence-electron chi connectivity index (χ4n) is 1.32. The van der Waals surface area contributed by atoms with Crippen molar-refractivity contribution in [2.24, 2.45) is 0 Å². The molecule has 0 spiro atoms. The predicted molar refractivity (Wildman–Crippen MR) is 59.8 cm³/mol. The Labute approximate surface area is 111 Å². The maximum absolute atomic E-state index is 12.3. The maximum atomic E-state index is 12.3. The van der Waals surface area contributed by atoms with Crippen LogP contribution in [0.2, 0.25) is 0 Å². The number of nitrogens with zero attached hydrogens (tertiary/aromatic N) is 1. The van der Waals surface area contributed by atoms with Gasteiger partial charge in [0.25, 0.3) is 5.91 Å². The van der Waals surface area contributed by atoms with Gasteiger partial charge in [0.2, 0.25) is 0 Å². The lowest BCUT2D eigenvalue weighted by molar-refractivity contribution is -0.141. The van der Waals surface area contributed by atoms with Gasteiger partial charge >= 0.3 is 12.1 Å². The summed E-state index contributed by atoms with van der Waals surface area (Å²) >= 11 is 0. The normalized spacial score (nSPS) is 12.8. The summed E-state index contributed by atoms with van der Waals surface area (Å²) in [4.78, 5) is 25.5. The van der Waals surface area contributed by atoms with Crippen molar-refractivity contribution in [1.82, 2.24) is 10.3 Å². The van der Waals surface area contributed by atoms with Crippen LogP contribution in [0.4, 0.5) is 13.2 Å². The molecule has 110 valence electrons. The van der Waals surface area contributed by atoms with E-state index in [9.17, 15) is 22.8 Å². The van der Waals surface area contributed by atoms with E-state index in [-0.39, 0.29) is 12.0 Å². The molecule has 0 fully saturated rings. The van der Waals surface area contributed by atoms with Crippen molar-refractivity contribution < 1.29 is 33.0 Å². The average Bonchev–Trinajstić information content (AvgIpc) is 2.37. The Hall–Kier alpha value is -2.16. The number of carbonyl (C=O) groups excluding carboxylic acids is 1. The molecule has 0 aliphatic carbocycles. The van der Waals surface area contributed by atoms with Crippen LogP contribution in [0.25, 0.3) is 0 Å². The minimum atomic E-state index is -4.62. The summed E-state index contributed by atoms with van der Waals surface area (Å²) in [5.41, 5.74) is -1.36. The molecule has 6 nitrogen and oxygen atoms in total. The number of nitrogens with one attached hydrogen (secondary N) is 1. The molecular weight excluding hydrogens is 281 g/mol. The number of alkyl halides is 3. The summed E-state index contributed by atoms with van der Waals surface area (Å²) in [6, 6.07) is 0.189. The lowest BCUT2D eigenvalue weighted by Gasteiger charge is -2.13. The Balaban J connectivity index is 2.80. The third kappa shape index (κ3) is 4.19.